The maximum absolute atomic E-state index is 10.9. The summed E-state index contributed by atoms with van der Waals surface area (Å²) in [6.07, 6.45) is 0. The van der Waals surface area contributed by atoms with Gasteiger partial charge in [0.15, 0.2) is 0 Å². The Labute approximate surface area is 279 Å². The molecule has 0 bridgehead atoms. The SMILES string of the molecule is COc1cc([N+](=O)[O-])c(COC(C)=O)cc1C.COc1ccc(COC(C)=O)c([N+](=O)[O-])c1.COc1ccc([N+](=O)[O-])c(COC(C)=O)c1. The number of nitro groups is 3. The zero-order valence-corrected chi connectivity index (χ0v) is 27.7. The molecule has 0 fully saturated rings. The van der Waals surface area contributed by atoms with Crippen LogP contribution in [0.15, 0.2) is 48.5 Å². The average molecular weight is 690 g/mol. The van der Waals surface area contributed by atoms with E-state index in [1.165, 1.54) is 78.5 Å². The van der Waals surface area contributed by atoms with Gasteiger partial charge >= 0.3 is 17.9 Å². The first-order valence-electron chi connectivity index (χ1n) is 13.9. The van der Waals surface area contributed by atoms with Gasteiger partial charge in [-0.2, -0.15) is 0 Å². The Bertz CT molecular complexity index is 1670. The highest BCUT2D eigenvalue weighted by Gasteiger charge is 2.19. The largest absolute Gasteiger partial charge is 0.497 e. The second-order valence-electron chi connectivity index (χ2n) is 9.55. The third kappa shape index (κ3) is 13.9. The first-order valence-corrected chi connectivity index (χ1v) is 13.9. The lowest BCUT2D eigenvalue weighted by atomic mass is 10.1. The summed E-state index contributed by atoms with van der Waals surface area (Å²) >= 11 is 0. The van der Waals surface area contributed by atoms with E-state index in [0.717, 1.165) is 5.56 Å². The predicted molar refractivity (Wildman–Crippen MR) is 170 cm³/mol. The van der Waals surface area contributed by atoms with Crippen LogP contribution in [-0.2, 0) is 48.4 Å². The van der Waals surface area contributed by atoms with Gasteiger partial charge in [0.2, 0.25) is 0 Å². The molecule has 0 saturated carbocycles. The van der Waals surface area contributed by atoms with E-state index in [1.54, 1.807) is 19.1 Å². The Morgan fingerprint density at radius 1 is 0.551 bits per heavy atom. The lowest BCUT2D eigenvalue weighted by Crippen LogP contribution is -2.03. The van der Waals surface area contributed by atoms with Crippen molar-refractivity contribution in [3.05, 3.63) is 101 Å². The molecule has 49 heavy (non-hydrogen) atoms. The minimum absolute atomic E-state index is 0.0953. The molecular weight excluding hydrogens is 654 g/mol. The number of esters is 3. The van der Waals surface area contributed by atoms with Crippen molar-refractivity contribution in [2.24, 2.45) is 0 Å². The molecule has 3 aromatic carbocycles. The molecule has 3 aromatic rings. The monoisotopic (exact) mass is 689 g/mol. The van der Waals surface area contributed by atoms with Crippen molar-refractivity contribution in [1.29, 1.82) is 0 Å². The highest BCUT2D eigenvalue weighted by atomic mass is 16.6. The van der Waals surface area contributed by atoms with Crippen LogP contribution in [0.25, 0.3) is 0 Å². The van der Waals surface area contributed by atoms with Crippen LogP contribution in [0.3, 0.4) is 0 Å². The number of nitro benzene ring substituents is 3. The molecule has 0 aliphatic heterocycles. The van der Waals surface area contributed by atoms with E-state index in [0.29, 0.717) is 33.9 Å². The van der Waals surface area contributed by atoms with Crippen molar-refractivity contribution in [3.8, 4) is 17.2 Å². The minimum atomic E-state index is -0.540. The van der Waals surface area contributed by atoms with Crippen molar-refractivity contribution < 1.29 is 57.6 Å². The van der Waals surface area contributed by atoms with Gasteiger partial charge in [-0.15, -0.1) is 0 Å². The van der Waals surface area contributed by atoms with Crippen molar-refractivity contribution in [3.63, 3.8) is 0 Å². The van der Waals surface area contributed by atoms with Crippen LogP contribution in [0.4, 0.5) is 17.1 Å². The number of hydrogen-bond donors (Lipinski definition) is 0. The van der Waals surface area contributed by atoms with Gasteiger partial charge in [-0.3, -0.25) is 44.7 Å². The number of aryl methyl sites for hydroxylation is 1. The third-order valence-corrected chi connectivity index (χ3v) is 6.06. The van der Waals surface area contributed by atoms with E-state index in [9.17, 15) is 44.7 Å². The number of rotatable bonds is 12. The summed E-state index contributed by atoms with van der Waals surface area (Å²) in [5, 5.41) is 32.3. The molecule has 0 radical (unpaired) electrons. The van der Waals surface area contributed by atoms with Gasteiger partial charge in [0, 0.05) is 26.8 Å². The number of carbonyl (C=O) groups is 3. The van der Waals surface area contributed by atoms with Gasteiger partial charge in [-0.25, -0.2) is 0 Å². The fourth-order valence-corrected chi connectivity index (χ4v) is 3.73. The normalized spacial score (nSPS) is 9.69. The molecule has 0 unspecified atom stereocenters. The van der Waals surface area contributed by atoms with E-state index in [2.05, 4.69) is 0 Å². The fourth-order valence-electron chi connectivity index (χ4n) is 3.73. The second-order valence-corrected chi connectivity index (χ2v) is 9.55. The molecule has 0 aliphatic carbocycles. The van der Waals surface area contributed by atoms with Gasteiger partial charge in [0.1, 0.15) is 37.1 Å². The van der Waals surface area contributed by atoms with Crippen molar-refractivity contribution in [2.75, 3.05) is 21.3 Å². The smallest absolute Gasteiger partial charge is 0.302 e. The molecule has 0 aromatic heterocycles. The summed E-state index contributed by atoms with van der Waals surface area (Å²) in [6.45, 7) is 5.14. The van der Waals surface area contributed by atoms with E-state index >= 15 is 0 Å². The Kier molecular flexibility index (Phi) is 16.6. The topological polar surface area (TPSA) is 236 Å². The van der Waals surface area contributed by atoms with Crippen LogP contribution in [0.1, 0.15) is 43.0 Å². The van der Waals surface area contributed by atoms with Crippen LogP contribution < -0.4 is 14.2 Å². The van der Waals surface area contributed by atoms with Crippen LogP contribution in [0.5, 0.6) is 17.2 Å². The standard InChI is InChI=1S/C11H13NO5.2C10H11NO5/c1-7-4-9(6-17-8(2)13)10(12(14)15)5-11(7)16-3;1-7(12)16-6-8-5-9(15-2)3-4-10(8)11(13)14;1-7(12)16-6-8-3-4-9(15-2)5-10(8)11(13)14/h4-5H,6H2,1-3H3;2*3-5H,6H2,1-2H3. The molecule has 3 rings (SSSR count). The highest BCUT2D eigenvalue weighted by molar-refractivity contribution is 5.67. The Balaban J connectivity index is 0.000000368. The summed E-state index contributed by atoms with van der Waals surface area (Å²) in [5.41, 5.74) is 1.40. The number of ether oxygens (including phenoxy) is 6. The van der Waals surface area contributed by atoms with Crippen molar-refractivity contribution in [2.45, 2.75) is 47.5 Å². The van der Waals surface area contributed by atoms with Crippen LogP contribution in [0, 0.1) is 37.3 Å². The molecule has 0 saturated heterocycles. The first-order chi connectivity index (χ1) is 23.0. The summed E-state index contributed by atoms with van der Waals surface area (Å²) < 4.78 is 29.0. The molecule has 0 N–H and O–H groups in total. The summed E-state index contributed by atoms with van der Waals surface area (Å²) in [7, 11) is 4.32. The molecule has 0 spiro atoms. The molecule has 0 heterocycles. The lowest BCUT2D eigenvalue weighted by molar-refractivity contribution is -0.386. The van der Waals surface area contributed by atoms with Gasteiger partial charge in [-0.1, -0.05) is 0 Å². The highest BCUT2D eigenvalue weighted by Crippen LogP contribution is 2.29. The summed E-state index contributed by atoms with van der Waals surface area (Å²) in [6, 6.07) is 11.5. The van der Waals surface area contributed by atoms with Crippen LogP contribution in [0.2, 0.25) is 0 Å². The van der Waals surface area contributed by atoms with Crippen molar-refractivity contribution in [1.82, 2.24) is 0 Å². The van der Waals surface area contributed by atoms with Gasteiger partial charge < -0.3 is 28.4 Å². The molecule has 264 valence electrons. The van der Waals surface area contributed by atoms with E-state index in [-0.39, 0.29) is 36.9 Å². The van der Waals surface area contributed by atoms with Crippen LogP contribution in [-0.4, -0.2) is 54.0 Å². The number of methoxy groups -OCH3 is 3. The predicted octanol–water partition coefficient (Wildman–Crippen LogP) is 5.31. The third-order valence-electron chi connectivity index (χ3n) is 6.06. The van der Waals surface area contributed by atoms with Gasteiger partial charge in [-0.05, 0) is 42.8 Å². The molecule has 0 atom stereocenters. The Hall–Kier alpha value is -6.33. The fraction of sp³-hybridized carbons (Fsp3) is 0.323. The van der Waals surface area contributed by atoms with E-state index in [1.807, 2.05) is 0 Å². The van der Waals surface area contributed by atoms with Gasteiger partial charge in [0.25, 0.3) is 17.1 Å². The average Bonchev–Trinajstić information content (AvgIpc) is 3.05. The zero-order valence-electron chi connectivity index (χ0n) is 27.7. The van der Waals surface area contributed by atoms with E-state index in [4.69, 9.17) is 28.4 Å². The maximum Gasteiger partial charge on any atom is 0.302 e. The van der Waals surface area contributed by atoms with Crippen molar-refractivity contribution >= 4 is 35.0 Å². The molecule has 18 heteroatoms. The maximum atomic E-state index is 10.9. The zero-order chi connectivity index (χ0) is 37.3. The number of benzene rings is 3. The van der Waals surface area contributed by atoms with Gasteiger partial charge in [0.05, 0.1) is 64.9 Å². The number of carbonyl (C=O) groups excluding carboxylic acids is 3. The molecule has 18 nitrogen and oxygen atoms in total. The number of nitrogens with zero attached hydrogens (tertiary/aromatic N) is 3. The van der Waals surface area contributed by atoms with Crippen LogP contribution >= 0.6 is 0 Å². The van der Waals surface area contributed by atoms with E-state index < -0.39 is 32.7 Å². The quantitative estimate of drug-likeness (QED) is 0.101. The Morgan fingerprint density at radius 2 is 0.959 bits per heavy atom. The molecule has 0 amide bonds. The summed E-state index contributed by atoms with van der Waals surface area (Å²) in [4.78, 5) is 62.6. The Morgan fingerprint density at radius 3 is 1.39 bits per heavy atom. The second kappa shape index (κ2) is 20.0. The minimum Gasteiger partial charge on any atom is -0.497 e. The molecular formula is C31H35N3O15. The lowest BCUT2D eigenvalue weighted by Gasteiger charge is -2.08. The summed E-state index contributed by atoms with van der Waals surface area (Å²) in [5.74, 6) is -0.149. The first kappa shape index (κ1) is 40.7. The number of hydrogen-bond acceptors (Lipinski definition) is 15. The molecule has 0 aliphatic rings.